The molecule has 9 heteroatoms. The molecule has 1 aromatic heterocycles. The lowest BCUT2D eigenvalue weighted by Crippen LogP contribution is -3.00. The lowest BCUT2D eigenvalue weighted by molar-refractivity contribution is -0.697. The average molecular weight is 670 g/mol. The van der Waals surface area contributed by atoms with E-state index in [4.69, 9.17) is 9.47 Å². The van der Waals surface area contributed by atoms with Gasteiger partial charge in [0.2, 0.25) is 0 Å². The standard InChI is InChI=1S/C27H32BrN3O4.HI/c1-3-14-31-18-21(17-22(28)19-31)26(32)30-23(4-2)12-15-35-27(33)29-13-16-34-25-11-7-9-20-8-5-6-10-24(20)25;/h5-11,17-19,23H,3-4,12-16H2,1-2H3,(H-,29,30,32,33);1H. The van der Waals surface area contributed by atoms with Gasteiger partial charge in [0.1, 0.15) is 24.5 Å². The summed E-state index contributed by atoms with van der Waals surface area (Å²) >= 11 is 3.47. The largest absolute Gasteiger partial charge is 1.00 e. The average Bonchev–Trinajstić information content (AvgIpc) is 2.85. The molecular formula is C27H33BrIN3O4. The number of amides is 2. The zero-order valence-corrected chi connectivity index (χ0v) is 24.4. The number of fused-ring (bicyclic) bond motifs is 1. The summed E-state index contributed by atoms with van der Waals surface area (Å²) in [6.45, 7) is 5.80. The fourth-order valence-corrected chi connectivity index (χ4v) is 4.25. The van der Waals surface area contributed by atoms with Crippen molar-refractivity contribution >= 4 is 38.7 Å². The van der Waals surface area contributed by atoms with Crippen molar-refractivity contribution < 1.29 is 47.6 Å². The second-order valence-electron chi connectivity index (χ2n) is 8.24. The van der Waals surface area contributed by atoms with Gasteiger partial charge in [0, 0.05) is 24.3 Å². The van der Waals surface area contributed by atoms with Crippen molar-refractivity contribution in [1.82, 2.24) is 10.6 Å². The summed E-state index contributed by atoms with van der Waals surface area (Å²) in [5.41, 5.74) is 0.594. The van der Waals surface area contributed by atoms with Crippen LogP contribution in [0.2, 0.25) is 0 Å². The number of alkyl carbamates (subject to hydrolysis) is 1. The van der Waals surface area contributed by atoms with Crippen molar-refractivity contribution in [2.75, 3.05) is 19.8 Å². The number of halogens is 2. The minimum Gasteiger partial charge on any atom is -1.00 e. The van der Waals surface area contributed by atoms with Crippen molar-refractivity contribution in [2.24, 2.45) is 0 Å². The molecule has 1 heterocycles. The van der Waals surface area contributed by atoms with Gasteiger partial charge in [0.15, 0.2) is 12.4 Å². The number of rotatable bonds is 12. The minimum absolute atomic E-state index is 0. The fourth-order valence-electron chi connectivity index (χ4n) is 3.74. The van der Waals surface area contributed by atoms with Crippen molar-refractivity contribution in [2.45, 2.75) is 45.7 Å². The van der Waals surface area contributed by atoms with E-state index >= 15 is 0 Å². The van der Waals surface area contributed by atoms with E-state index in [9.17, 15) is 9.59 Å². The van der Waals surface area contributed by atoms with Crippen molar-refractivity contribution in [1.29, 1.82) is 0 Å². The Hall–Kier alpha value is -2.40. The first-order valence-electron chi connectivity index (χ1n) is 12.0. The number of ether oxygens (including phenoxy) is 2. The highest BCUT2D eigenvalue weighted by atomic mass is 127. The minimum atomic E-state index is -0.500. The molecule has 2 aromatic carbocycles. The van der Waals surface area contributed by atoms with Crippen LogP contribution in [0.1, 0.15) is 43.5 Å². The van der Waals surface area contributed by atoms with Gasteiger partial charge in [0.05, 0.1) is 17.6 Å². The molecule has 0 spiro atoms. The smallest absolute Gasteiger partial charge is 0.407 e. The zero-order valence-electron chi connectivity index (χ0n) is 20.6. The molecule has 1 unspecified atom stereocenters. The van der Waals surface area contributed by atoms with Gasteiger partial charge >= 0.3 is 6.09 Å². The zero-order chi connectivity index (χ0) is 25.0. The molecule has 0 aliphatic rings. The number of nitrogens with zero attached hydrogens (tertiary/aromatic N) is 1. The topological polar surface area (TPSA) is 80.5 Å². The summed E-state index contributed by atoms with van der Waals surface area (Å²) in [4.78, 5) is 24.7. The first-order chi connectivity index (χ1) is 17.0. The summed E-state index contributed by atoms with van der Waals surface area (Å²) in [5.74, 6) is 0.642. The number of carbonyl (C=O) groups excluding carboxylic acids is 2. The Morgan fingerprint density at radius 1 is 1.06 bits per heavy atom. The van der Waals surface area contributed by atoms with Crippen LogP contribution in [0.3, 0.4) is 0 Å². The third kappa shape index (κ3) is 9.24. The summed E-state index contributed by atoms with van der Waals surface area (Å²) in [7, 11) is 0. The van der Waals surface area contributed by atoms with Crippen LogP contribution in [0.5, 0.6) is 5.75 Å². The number of pyridine rings is 1. The SMILES string of the molecule is CCC[n+]1cc(Br)cc(C(=O)NC(CC)CCOC(=O)NCCOc2cccc3ccccc23)c1.[I-]. The third-order valence-corrected chi connectivity index (χ3v) is 5.97. The van der Waals surface area contributed by atoms with E-state index in [1.807, 2.05) is 66.3 Å². The number of benzene rings is 2. The lowest BCUT2D eigenvalue weighted by Gasteiger charge is -2.17. The Kier molecular flexibility index (Phi) is 13.0. The van der Waals surface area contributed by atoms with Crippen molar-refractivity contribution in [3.8, 4) is 5.75 Å². The molecule has 0 saturated carbocycles. The maximum atomic E-state index is 12.7. The Morgan fingerprint density at radius 3 is 2.61 bits per heavy atom. The number of hydrogen-bond donors (Lipinski definition) is 2. The van der Waals surface area contributed by atoms with Gasteiger partial charge in [-0.2, -0.15) is 0 Å². The van der Waals surface area contributed by atoms with Crippen LogP contribution in [0.15, 0.2) is 65.4 Å². The Labute approximate surface area is 238 Å². The van der Waals surface area contributed by atoms with Crippen LogP contribution in [-0.4, -0.2) is 37.8 Å². The van der Waals surface area contributed by atoms with Gasteiger partial charge in [-0.05, 0) is 39.9 Å². The van der Waals surface area contributed by atoms with Gasteiger partial charge in [-0.15, -0.1) is 0 Å². The number of hydrogen-bond acceptors (Lipinski definition) is 4. The summed E-state index contributed by atoms with van der Waals surface area (Å²) in [6, 6.07) is 15.6. The lowest BCUT2D eigenvalue weighted by atomic mass is 10.1. The van der Waals surface area contributed by atoms with Crippen LogP contribution in [0, 0.1) is 0 Å². The Morgan fingerprint density at radius 2 is 1.83 bits per heavy atom. The number of aryl methyl sites for hydroxylation is 1. The predicted molar refractivity (Wildman–Crippen MR) is 140 cm³/mol. The molecule has 194 valence electrons. The summed E-state index contributed by atoms with van der Waals surface area (Å²) in [5, 5.41) is 7.88. The van der Waals surface area contributed by atoms with E-state index in [-0.39, 0.29) is 42.5 Å². The maximum Gasteiger partial charge on any atom is 0.407 e. The molecule has 0 fully saturated rings. The Balaban J connectivity index is 0.00000456. The molecule has 7 nitrogen and oxygen atoms in total. The summed E-state index contributed by atoms with van der Waals surface area (Å²) in [6.07, 6.45) is 5.55. The first kappa shape index (κ1) is 29.8. The monoisotopic (exact) mass is 669 g/mol. The van der Waals surface area contributed by atoms with Gasteiger partial charge in [-0.25, -0.2) is 9.36 Å². The van der Waals surface area contributed by atoms with Gasteiger partial charge in [-0.1, -0.05) is 50.2 Å². The summed E-state index contributed by atoms with van der Waals surface area (Å²) < 4.78 is 14.0. The maximum absolute atomic E-state index is 12.7. The van der Waals surface area contributed by atoms with Crippen LogP contribution in [0.4, 0.5) is 4.79 Å². The van der Waals surface area contributed by atoms with E-state index in [1.165, 1.54) is 0 Å². The highest BCUT2D eigenvalue weighted by molar-refractivity contribution is 9.10. The molecular weight excluding hydrogens is 637 g/mol. The molecule has 0 radical (unpaired) electrons. The molecule has 2 amide bonds. The third-order valence-electron chi connectivity index (χ3n) is 5.54. The molecule has 36 heavy (non-hydrogen) atoms. The normalized spacial score (nSPS) is 11.3. The quantitative estimate of drug-likeness (QED) is 0.176. The highest BCUT2D eigenvalue weighted by Crippen LogP contribution is 2.24. The van der Waals surface area contributed by atoms with Gasteiger partial charge < -0.3 is 44.1 Å². The van der Waals surface area contributed by atoms with E-state index < -0.39 is 6.09 Å². The Bertz CT molecular complexity index is 1140. The molecule has 0 aliphatic carbocycles. The van der Waals surface area contributed by atoms with E-state index in [0.717, 1.165) is 40.4 Å². The molecule has 0 saturated heterocycles. The van der Waals surface area contributed by atoms with Gasteiger partial charge in [-0.3, -0.25) is 4.79 Å². The second-order valence-corrected chi connectivity index (χ2v) is 9.15. The molecule has 0 aliphatic heterocycles. The van der Waals surface area contributed by atoms with Crippen molar-refractivity contribution in [3.05, 3.63) is 71.0 Å². The molecule has 3 aromatic rings. The molecule has 1 atom stereocenters. The van der Waals surface area contributed by atoms with Crippen molar-refractivity contribution in [3.63, 3.8) is 0 Å². The van der Waals surface area contributed by atoms with Crippen LogP contribution in [0.25, 0.3) is 10.8 Å². The first-order valence-corrected chi connectivity index (χ1v) is 12.8. The van der Waals surface area contributed by atoms with E-state index in [0.29, 0.717) is 25.1 Å². The van der Waals surface area contributed by atoms with Gasteiger partial charge in [0.25, 0.3) is 5.91 Å². The highest BCUT2D eigenvalue weighted by Gasteiger charge is 2.17. The second kappa shape index (κ2) is 15.7. The van der Waals surface area contributed by atoms with Crippen LogP contribution >= 0.6 is 15.9 Å². The molecule has 3 rings (SSSR count). The van der Waals surface area contributed by atoms with Crippen LogP contribution < -0.4 is 43.9 Å². The fraction of sp³-hybridized carbons (Fsp3) is 0.370. The molecule has 2 N–H and O–H groups in total. The number of carbonyl (C=O) groups is 2. The number of nitrogens with one attached hydrogen (secondary N) is 2. The van der Waals surface area contributed by atoms with Crippen LogP contribution in [-0.2, 0) is 11.3 Å². The molecule has 0 bridgehead atoms. The number of aromatic nitrogens is 1. The van der Waals surface area contributed by atoms with E-state index in [2.05, 4.69) is 33.5 Å². The van der Waals surface area contributed by atoms with E-state index in [1.54, 1.807) is 6.07 Å². The predicted octanol–water partition coefficient (Wildman–Crippen LogP) is 2.01.